The lowest BCUT2D eigenvalue weighted by Gasteiger charge is -2.30. The van der Waals surface area contributed by atoms with Crippen molar-refractivity contribution in [2.45, 2.75) is 19.4 Å². The van der Waals surface area contributed by atoms with E-state index in [9.17, 15) is 9.59 Å². The van der Waals surface area contributed by atoms with Crippen molar-refractivity contribution in [3.05, 3.63) is 42.5 Å². The Balaban J connectivity index is 1.78. The zero-order valence-electron chi connectivity index (χ0n) is 12.9. The highest BCUT2D eigenvalue weighted by Gasteiger charge is 2.26. The fourth-order valence-electron chi connectivity index (χ4n) is 2.57. The normalized spacial score (nSPS) is 15.2. The van der Waals surface area contributed by atoms with E-state index in [4.69, 9.17) is 4.74 Å². The van der Waals surface area contributed by atoms with Crippen molar-refractivity contribution in [1.29, 1.82) is 0 Å². The van der Waals surface area contributed by atoms with Gasteiger partial charge in [0, 0.05) is 25.6 Å². The number of likely N-dealkylation sites (tertiary alicyclic amines) is 1. The first-order chi connectivity index (χ1) is 10.6. The van der Waals surface area contributed by atoms with Gasteiger partial charge in [-0.3, -0.25) is 9.59 Å². The smallest absolute Gasteiger partial charge is 0.245 e. The summed E-state index contributed by atoms with van der Waals surface area (Å²) in [5, 5.41) is 2.96. The van der Waals surface area contributed by atoms with Crippen LogP contribution in [0, 0.1) is 5.92 Å². The molecule has 2 rings (SSSR count). The van der Waals surface area contributed by atoms with E-state index in [1.807, 2.05) is 24.3 Å². The Kier molecular flexibility index (Phi) is 5.58. The van der Waals surface area contributed by atoms with Crippen LogP contribution >= 0.6 is 0 Å². The Labute approximate surface area is 130 Å². The van der Waals surface area contributed by atoms with Crippen LogP contribution in [0.15, 0.2) is 36.9 Å². The number of methoxy groups -OCH3 is 1. The van der Waals surface area contributed by atoms with Gasteiger partial charge in [-0.05, 0) is 36.6 Å². The molecular formula is C17H22N2O3. The second-order valence-electron chi connectivity index (χ2n) is 5.37. The predicted molar refractivity (Wildman–Crippen MR) is 84.3 cm³/mol. The van der Waals surface area contributed by atoms with Crippen LogP contribution < -0.4 is 10.1 Å². The molecule has 1 N–H and O–H groups in total. The van der Waals surface area contributed by atoms with Gasteiger partial charge in [0.05, 0.1) is 7.11 Å². The maximum Gasteiger partial charge on any atom is 0.245 e. The Morgan fingerprint density at radius 3 is 2.50 bits per heavy atom. The molecule has 1 heterocycles. The summed E-state index contributed by atoms with van der Waals surface area (Å²) < 4.78 is 5.10. The fraction of sp³-hybridized carbons (Fsp3) is 0.412. The molecule has 1 saturated heterocycles. The molecule has 0 saturated carbocycles. The van der Waals surface area contributed by atoms with Gasteiger partial charge in [-0.25, -0.2) is 0 Å². The molecule has 5 heteroatoms. The number of piperidine rings is 1. The van der Waals surface area contributed by atoms with E-state index in [1.54, 1.807) is 12.0 Å². The highest BCUT2D eigenvalue weighted by molar-refractivity contribution is 5.87. The number of amides is 2. The summed E-state index contributed by atoms with van der Waals surface area (Å²) in [6.07, 6.45) is 2.73. The zero-order chi connectivity index (χ0) is 15.9. The lowest BCUT2D eigenvalue weighted by Crippen LogP contribution is -2.42. The van der Waals surface area contributed by atoms with E-state index < -0.39 is 0 Å². The first-order valence-electron chi connectivity index (χ1n) is 7.46. The molecule has 0 radical (unpaired) electrons. The predicted octanol–water partition coefficient (Wildman–Crippen LogP) is 1.74. The summed E-state index contributed by atoms with van der Waals surface area (Å²) in [7, 11) is 1.63. The Bertz CT molecular complexity index is 531. The average Bonchev–Trinajstić information content (AvgIpc) is 2.59. The molecule has 22 heavy (non-hydrogen) atoms. The highest BCUT2D eigenvalue weighted by Crippen LogP contribution is 2.18. The van der Waals surface area contributed by atoms with Gasteiger partial charge < -0.3 is 15.0 Å². The van der Waals surface area contributed by atoms with E-state index in [-0.39, 0.29) is 17.7 Å². The summed E-state index contributed by atoms with van der Waals surface area (Å²) in [4.78, 5) is 25.4. The first kappa shape index (κ1) is 16.1. The summed E-state index contributed by atoms with van der Waals surface area (Å²) in [5.41, 5.74) is 1.04. The molecule has 5 nitrogen and oxygen atoms in total. The standard InChI is InChI=1S/C17H22N2O3/c1-3-16(20)19-10-8-14(9-11-19)17(21)18-12-13-4-6-15(22-2)7-5-13/h3-7,14H,1,8-12H2,2H3,(H,18,21). The molecule has 118 valence electrons. The summed E-state index contributed by atoms with van der Waals surface area (Å²) >= 11 is 0. The van der Waals surface area contributed by atoms with Gasteiger partial charge in [0.1, 0.15) is 5.75 Å². The lowest BCUT2D eigenvalue weighted by molar-refractivity contribution is -0.132. The molecule has 0 aromatic heterocycles. The largest absolute Gasteiger partial charge is 0.497 e. The maximum absolute atomic E-state index is 12.2. The molecule has 1 aliphatic heterocycles. The van der Waals surface area contributed by atoms with Crippen LogP contribution in [0.5, 0.6) is 5.75 Å². The van der Waals surface area contributed by atoms with E-state index in [2.05, 4.69) is 11.9 Å². The van der Waals surface area contributed by atoms with Crippen LogP contribution in [-0.4, -0.2) is 36.9 Å². The molecule has 0 unspecified atom stereocenters. The molecule has 1 aromatic rings. The van der Waals surface area contributed by atoms with Crippen molar-refractivity contribution in [3.63, 3.8) is 0 Å². The number of hydrogen-bond acceptors (Lipinski definition) is 3. The molecule has 1 aromatic carbocycles. The summed E-state index contributed by atoms with van der Waals surface area (Å²) in [6.45, 7) is 5.23. The van der Waals surface area contributed by atoms with Crippen molar-refractivity contribution in [2.24, 2.45) is 5.92 Å². The highest BCUT2D eigenvalue weighted by atomic mass is 16.5. The SMILES string of the molecule is C=CC(=O)N1CCC(C(=O)NCc2ccc(OC)cc2)CC1. The lowest BCUT2D eigenvalue weighted by atomic mass is 9.95. The van der Waals surface area contributed by atoms with Crippen LogP contribution in [0.25, 0.3) is 0 Å². The maximum atomic E-state index is 12.2. The minimum absolute atomic E-state index is 0.0212. The third kappa shape index (κ3) is 4.10. The van der Waals surface area contributed by atoms with Crippen LogP contribution in [0.4, 0.5) is 0 Å². The van der Waals surface area contributed by atoms with Crippen molar-refractivity contribution in [2.75, 3.05) is 20.2 Å². The summed E-state index contributed by atoms with van der Waals surface area (Å²) in [6, 6.07) is 7.62. The fourth-order valence-corrected chi connectivity index (χ4v) is 2.57. The Morgan fingerprint density at radius 1 is 1.32 bits per heavy atom. The van der Waals surface area contributed by atoms with Crippen molar-refractivity contribution >= 4 is 11.8 Å². The van der Waals surface area contributed by atoms with Gasteiger partial charge >= 0.3 is 0 Å². The van der Waals surface area contributed by atoms with Crippen molar-refractivity contribution in [3.8, 4) is 5.75 Å². The summed E-state index contributed by atoms with van der Waals surface area (Å²) in [5.74, 6) is 0.778. The van der Waals surface area contributed by atoms with Crippen LogP contribution in [0.2, 0.25) is 0 Å². The van der Waals surface area contributed by atoms with Crippen LogP contribution in [0.1, 0.15) is 18.4 Å². The number of ether oxygens (including phenoxy) is 1. The van der Waals surface area contributed by atoms with Gasteiger partial charge in [0.2, 0.25) is 11.8 Å². The van der Waals surface area contributed by atoms with Gasteiger partial charge in [0.15, 0.2) is 0 Å². The molecule has 0 bridgehead atoms. The minimum Gasteiger partial charge on any atom is -0.497 e. The van der Waals surface area contributed by atoms with Crippen molar-refractivity contribution < 1.29 is 14.3 Å². The molecule has 0 aliphatic carbocycles. The molecule has 2 amide bonds. The van der Waals surface area contributed by atoms with E-state index in [0.717, 1.165) is 11.3 Å². The molecule has 1 aliphatic rings. The Hall–Kier alpha value is -2.30. The second kappa shape index (κ2) is 7.64. The van der Waals surface area contributed by atoms with E-state index >= 15 is 0 Å². The van der Waals surface area contributed by atoms with E-state index in [0.29, 0.717) is 32.5 Å². The van der Waals surface area contributed by atoms with Crippen LogP contribution in [-0.2, 0) is 16.1 Å². The number of rotatable bonds is 5. The quantitative estimate of drug-likeness (QED) is 0.843. The monoisotopic (exact) mass is 302 g/mol. The molecular weight excluding hydrogens is 280 g/mol. The number of carbonyl (C=O) groups is 2. The van der Waals surface area contributed by atoms with Gasteiger partial charge in [0.25, 0.3) is 0 Å². The van der Waals surface area contributed by atoms with Crippen molar-refractivity contribution in [1.82, 2.24) is 10.2 Å². The molecule has 1 fully saturated rings. The first-order valence-corrected chi connectivity index (χ1v) is 7.46. The zero-order valence-corrected chi connectivity index (χ0v) is 12.9. The number of hydrogen-bond donors (Lipinski definition) is 1. The Morgan fingerprint density at radius 2 is 1.95 bits per heavy atom. The number of nitrogens with one attached hydrogen (secondary N) is 1. The molecule has 0 spiro atoms. The third-order valence-electron chi connectivity index (χ3n) is 3.98. The average molecular weight is 302 g/mol. The topological polar surface area (TPSA) is 58.6 Å². The number of nitrogens with zero attached hydrogens (tertiary/aromatic N) is 1. The molecule has 0 atom stereocenters. The number of carbonyl (C=O) groups excluding carboxylic acids is 2. The van der Waals surface area contributed by atoms with Gasteiger partial charge in [-0.15, -0.1) is 0 Å². The number of benzene rings is 1. The van der Waals surface area contributed by atoms with E-state index in [1.165, 1.54) is 6.08 Å². The second-order valence-corrected chi connectivity index (χ2v) is 5.37. The van der Waals surface area contributed by atoms with Gasteiger partial charge in [-0.1, -0.05) is 18.7 Å². The van der Waals surface area contributed by atoms with Gasteiger partial charge in [-0.2, -0.15) is 0 Å². The third-order valence-corrected chi connectivity index (χ3v) is 3.98. The van der Waals surface area contributed by atoms with Crippen LogP contribution in [0.3, 0.4) is 0 Å². The minimum atomic E-state index is -0.0582.